The Labute approximate surface area is 184 Å². The molecule has 1 fully saturated rings. The van der Waals surface area contributed by atoms with Crippen molar-refractivity contribution in [3.63, 3.8) is 0 Å². The topological polar surface area (TPSA) is 64.7 Å². The first kappa shape index (κ1) is 21.4. The molecular weight excluding hydrogens is 386 g/mol. The zero-order chi connectivity index (χ0) is 21.5. The maximum Gasteiger partial charge on any atom is 0.191 e. The first-order valence-corrected chi connectivity index (χ1v) is 11.1. The van der Waals surface area contributed by atoms with Crippen LogP contribution in [0.1, 0.15) is 22.7 Å². The number of hydrogen-bond donors (Lipinski definition) is 3. The standard InChI is InChI=1S/C25H33N5O/c1-19-7-9-20(10-8-19)24(30-13-15-31-16-14-30)18-29-25(26-2)27-12-11-21-17-28-23-6-4-3-5-22(21)23/h3-10,17,24,28H,11-16,18H2,1-2H3,(H2,26,27,29). The fourth-order valence-electron chi connectivity index (χ4n) is 4.20. The molecule has 6 nitrogen and oxygen atoms in total. The lowest BCUT2D eigenvalue weighted by atomic mass is 10.0. The third kappa shape index (κ3) is 5.46. The number of benzene rings is 2. The number of aliphatic imine (C=N–C) groups is 1. The lowest BCUT2D eigenvalue weighted by Crippen LogP contribution is -2.46. The van der Waals surface area contributed by atoms with Crippen LogP contribution in [0.15, 0.2) is 59.7 Å². The van der Waals surface area contributed by atoms with Gasteiger partial charge in [0.25, 0.3) is 0 Å². The fourth-order valence-corrected chi connectivity index (χ4v) is 4.20. The number of aromatic amines is 1. The summed E-state index contributed by atoms with van der Waals surface area (Å²) in [5.41, 5.74) is 5.12. The zero-order valence-corrected chi connectivity index (χ0v) is 18.5. The zero-order valence-electron chi connectivity index (χ0n) is 18.5. The molecule has 1 saturated heterocycles. The van der Waals surface area contributed by atoms with Crippen LogP contribution in [-0.2, 0) is 11.2 Å². The highest BCUT2D eigenvalue weighted by Crippen LogP contribution is 2.22. The predicted octanol–water partition coefficient (Wildman–Crippen LogP) is 3.26. The lowest BCUT2D eigenvalue weighted by molar-refractivity contribution is 0.0170. The van der Waals surface area contributed by atoms with Crippen LogP contribution < -0.4 is 10.6 Å². The molecule has 4 rings (SSSR count). The van der Waals surface area contributed by atoms with E-state index in [2.05, 4.69) is 87.2 Å². The number of aryl methyl sites for hydroxylation is 1. The summed E-state index contributed by atoms with van der Waals surface area (Å²) in [6.07, 6.45) is 3.05. The third-order valence-corrected chi connectivity index (χ3v) is 6.00. The van der Waals surface area contributed by atoms with Crippen LogP contribution in [0.5, 0.6) is 0 Å². The number of rotatable bonds is 7. The van der Waals surface area contributed by atoms with E-state index < -0.39 is 0 Å². The van der Waals surface area contributed by atoms with Crippen LogP contribution >= 0.6 is 0 Å². The number of aromatic nitrogens is 1. The highest BCUT2D eigenvalue weighted by atomic mass is 16.5. The van der Waals surface area contributed by atoms with E-state index in [4.69, 9.17) is 4.74 Å². The van der Waals surface area contributed by atoms with Gasteiger partial charge in [-0.3, -0.25) is 9.89 Å². The highest BCUT2D eigenvalue weighted by molar-refractivity contribution is 5.83. The molecule has 0 saturated carbocycles. The molecule has 164 valence electrons. The number of hydrogen-bond acceptors (Lipinski definition) is 3. The summed E-state index contributed by atoms with van der Waals surface area (Å²) >= 11 is 0. The monoisotopic (exact) mass is 419 g/mol. The number of para-hydroxylation sites is 1. The Kier molecular flexibility index (Phi) is 7.22. The minimum absolute atomic E-state index is 0.289. The Balaban J connectivity index is 1.35. The van der Waals surface area contributed by atoms with Gasteiger partial charge in [0.2, 0.25) is 0 Å². The van der Waals surface area contributed by atoms with Crippen molar-refractivity contribution in [1.29, 1.82) is 0 Å². The van der Waals surface area contributed by atoms with Crippen molar-refractivity contribution in [1.82, 2.24) is 20.5 Å². The van der Waals surface area contributed by atoms with Crippen molar-refractivity contribution >= 4 is 16.9 Å². The highest BCUT2D eigenvalue weighted by Gasteiger charge is 2.22. The number of ether oxygens (including phenoxy) is 1. The minimum Gasteiger partial charge on any atom is -0.379 e. The summed E-state index contributed by atoms with van der Waals surface area (Å²) in [7, 11) is 1.83. The smallest absolute Gasteiger partial charge is 0.191 e. The number of morpholine rings is 1. The molecule has 1 aliphatic rings. The Morgan fingerprint density at radius 2 is 1.87 bits per heavy atom. The van der Waals surface area contributed by atoms with Gasteiger partial charge in [0, 0.05) is 50.3 Å². The van der Waals surface area contributed by atoms with Crippen molar-refractivity contribution in [2.24, 2.45) is 4.99 Å². The van der Waals surface area contributed by atoms with Crippen LogP contribution in [0.3, 0.4) is 0 Å². The second-order valence-electron chi connectivity index (χ2n) is 8.06. The maximum atomic E-state index is 5.57. The van der Waals surface area contributed by atoms with Crippen molar-refractivity contribution in [3.05, 3.63) is 71.4 Å². The summed E-state index contributed by atoms with van der Waals surface area (Å²) in [4.78, 5) is 10.3. The van der Waals surface area contributed by atoms with Gasteiger partial charge < -0.3 is 20.4 Å². The van der Waals surface area contributed by atoms with Crippen LogP contribution in [0.25, 0.3) is 10.9 Å². The molecule has 0 amide bonds. The molecule has 0 aliphatic carbocycles. The van der Waals surface area contributed by atoms with Gasteiger partial charge in [0.05, 0.1) is 19.3 Å². The van der Waals surface area contributed by atoms with Crippen molar-refractivity contribution in [3.8, 4) is 0 Å². The van der Waals surface area contributed by atoms with Gasteiger partial charge in [-0.25, -0.2) is 0 Å². The number of nitrogens with one attached hydrogen (secondary N) is 3. The minimum atomic E-state index is 0.289. The van der Waals surface area contributed by atoms with Crippen LogP contribution in [0, 0.1) is 6.92 Å². The molecule has 3 aromatic rings. The van der Waals surface area contributed by atoms with E-state index in [1.165, 1.54) is 27.6 Å². The second kappa shape index (κ2) is 10.5. The maximum absolute atomic E-state index is 5.57. The lowest BCUT2D eigenvalue weighted by Gasteiger charge is -2.35. The fraction of sp³-hybridized carbons (Fsp3) is 0.400. The van der Waals surface area contributed by atoms with Crippen molar-refractivity contribution in [2.75, 3.05) is 46.4 Å². The number of guanidine groups is 1. The molecule has 31 heavy (non-hydrogen) atoms. The van der Waals surface area contributed by atoms with Crippen LogP contribution in [-0.4, -0.2) is 62.3 Å². The van der Waals surface area contributed by atoms with Gasteiger partial charge in [-0.05, 0) is 30.5 Å². The predicted molar refractivity (Wildman–Crippen MR) is 128 cm³/mol. The third-order valence-electron chi connectivity index (χ3n) is 6.00. The quantitative estimate of drug-likeness (QED) is 0.406. The Hall–Kier alpha value is -2.83. The molecule has 1 atom stereocenters. The summed E-state index contributed by atoms with van der Waals surface area (Å²) in [5, 5.41) is 8.31. The van der Waals surface area contributed by atoms with E-state index in [9.17, 15) is 0 Å². The molecule has 0 radical (unpaired) electrons. The van der Waals surface area contributed by atoms with E-state index in [1.54, 1.807) is 0 Å². The van der Waals surface area contributed by atoms with E-state index in [0.717, 1.165) is 51.8 Å². The second-order valence-corrected chi connectivity index (χ2v) is 8.06. The van der Waals surface area contributed by atoms with Gasteiger partial charge in [0.15, 0.2) is 5.96 Å². The first-order chi connectivity index (χ1) is 15.2. The molecule has 1 aromatic heterocycles. The Bertz CT molecular complexity index is 989. The average Bonchev–Trinajstić information content (AvgIpc) is 3.23. The SMILES string of the molecule is CN=C(NCCc1c[nH]c2ccccc12)NCC(c1ccc(C)cc1)N1CCOCC1. The molecule has 1 aliphatic heterocycles. The molecule has 0 spiro atoms. The van der Waals surface area contributed by atoms with E-state index in [0.29, 0.717) is 0 Å². The van der Waals surface area contributed by atoms with Gasteiger partial charge in [0.1, 0.15) is 0 Å². The summed E-state index contributed by atoms with van der Waals surface area (Å²) < 4.78 is 5.57. The first-order valence-electron chi connectivity index (χ1n) is 11.1. The number of nitrogens with zero attached hydrogens (tertiary/aromatic N) is 2. The number of H-pyrrole nitrogens is 1. The molecule has 3 N–H and O–H groups in total. The molecule has 0 bridgehead atoms. The summed E-state index contributed by atoms with van der Waals surface area (Å²) in [6, 6.07) is 17.6. The van der Waals surface area contributed by atoms with E-state index in [1.807, 2.05) is 7.05 Å². The largest absolute Gasteiger partial charge is 0.379 e. The normalized spacial score (nSPS) is 16.4. The molecular formula is C25H33N5O. The van der Waals surface area contributed by atoms with Crippen molar-refractivity contribution < 1.29 is 4.74 Å². The Morgan fingerprint density at radius 1 is 1.10 bits per heavy atom. The molecule has 6 heteroatoms. The van der Waals surface area contributed by atoms with E-state index >= 15 is 0 Å². The van der Waals surface area contributed by atoms with E-state index in [-0.39, 0.29) is 6.04 Å². The van der Waals surface area contributed by atoms with Crippen molar-refractivity contribution in [2.45, 2.75) is 19.4 Å². The molecule has 1 unspecified atom stereocenters. The number of fused-ring (bicyclic) bond motifs is 1. The van der Waals surface area contributed by atoms with Gasteiger partial charge in [-0.15, -0.1) is 0 Å². The van der Waals surface area contributed by atoms with Crippen LogP contribution in [0.4, 0.5) is 0 Å². The van der Waals surface area contributed by atoms with Gasteiger partial charge in [-0.1, -0.05) is 48.0 Å². The van der Waals surface area contributed by atoms with Gasteiger partial charge in [-0.2, -0.15) is 0 Å². The van der Waals surface area contributed by atoms with Crippen LogP contribution in [0.2, 0.25) is 0 Å². The van der Waals surface area contributed by atoms with Gasteiger partial charge >= 0.3 is 0 Å². The summed E-state index contributed by atoms with van der Waals surface area (Å²) in [6.45, 7) is 7.24. The summed E-state index contributed by atoms with van der Waals surface area (Å²) in [5.74, 6) is 0.838. The average molecular weight is 420 g/mol. The Morgan fingerprint density at radius 3 is 2.65 bits per heavy atom. The molecule has 2 heterocycles. The molecule has 2 aromatic carbocycles.